The van der Waals surface area contributed by atoms with Crippen molar-refractivity contribution in [3.63, 3.8) is 0 Å². The Morgan fingerprint density at radius 2 is 2.48 bits per heavy atom. The zero-order valence-corrected chi connectivity index (χ0v) is 12.2. The number of carbonyl (C=O) groups is 1. The van der Waals surface area contributed by atoms with E-state index in [4.69, 9.17) is 4.74 Å². The maximum Gasteiger partial charge on any atom is 0.340 e. The van der Waals surface area contributed by atoms with Crippen molar-refractivity contribution >= 4 is 11.8 Å². The topological polar surface area (TPSA) is 78.2 Å². The minimum absolute atomic E-state index is 0.309. The number of nitrogens with zero attached hydrogens (tertiary/aromatic N) is 3. The van der Waals surface area contributed by atoms with Gasteiger partial charge in [-0.15, -0.1) is 0 Å². The van der Waals surface area contributed by atoms with Gasteiger partial charge in [0.25, 0.3) is 0 Å². The van der Waals surface area contributed by atoms with E-state index in [2.05, 4.69) is 21.3 Å². The predicted molar refractivity (Wildman–Crippen MR) is 77.2 cm³/mol. The van der Waals surface area contributed by atoms with Gasteiger partial charge in [-0.3, -0.25) is 0 Å². The van der Waals surface area contributed by atoms with E-state index in [1.54, 1.807) is 19.9 Å². The fourth-order valence-corrected chi connectivity index (χ4v) is 3.13. The minimum Gasteiger partial charge on any atom is -0.462 e. The summed E-state index contributed by atoms with van der Waals surface area (Å²) < 4.78 is 5.01. The van der Waals surface area contributed by atoms with Gasteiger partial charge in [0.2, 0.25) is 0 Å². The van der Waals surface area contributed by atoms with Crippen LogP contribution in [0.5, 0.6) is 0 Å². The van der Waals surface area contributed by atoms with Crippen molar-refractivity contribution in [3.05, 3.63) is 22.9 Å². The van der Waals surface area contributed by atoms with Crippen LogP contribution >= 0.6 is 0 Å². The monoisotopic (exact) mass is 286 g/mol. The molecule has 2 fully saturated rings. The van der Waals surface area contributed by atoms with Crippen LogP contribution in [0.1, 0.15) is 35.0 Å². The highest BCUT2D eigenvalue weighted by Crippen LogP contribution is 2.31. The molecule has 0 radical (unpaired) electrons. The number of nitrogens with one attached hydrogen (secondary N) is 1. The van der Waals surface area contributed by atoms with Crippen molar-refractivity contribution in [1.82, 2.24) is 10.3 Å². The number of aryl methyl sites for hydroxylation is 1. The summed E-state index contributed by atoms with van der Waals surface area (Å²) in [6, 6.07) is 4.64. The van der Waals surface area contributed by atoms with E-state index in [9.17, 15) is 10.1 Å². The first-order valence-electron chi connectivity index (χ1n) is 7.23. The lowest BCUT2D eigenvalue weighted by molar-refractivity contribution is 0.0525. The molecule has 0 saturated carbocycles. The van der Waals surface area contributed by atoms with Crippen LogP contribution in [0.3, 0.4) is 0 Å². The summed E-state index contributed by atoms with van der Waals surface area (Å²) in [5.41, 5.74) is 1.43. The molecule has 0 aromatic carbocycles. The maximum absolute atomic E-state index is 11.9. The quantitative estimate of drug-likeness (QED) is 0.835. The second-order valence-corrected chi connectivity index (χ2v) is 5.47. The molecule has 1 aromatic rings. The Kier molecular flexibility index (Phi) is 3.52. The number of hydrogen-bond donors (Lipinski definition) is 1. The Morgan fingerprint density at radius 1 is 1.67 bits per heavy atom. The second kappa shape index (κ2) is 5.34. The van der Waals surface area contributed by atoms with Crippen LogP contribution in [0.25, 0.3) is 0 Å². The van der Waals surface area contributed by atoms with Gasteiger partial charge in [0.1, 0.15) is 11.9 Å². The van der Waals surface area contributed by atoms with Gasteiger partial charge in [-0.1, -0.05) is 0 Å². The van der Waals surface area contributed by atoms with E-state index in [0.717, 1.165) is 19.5 Å². The number of anilines is 1. The molecule has 2 saturated heterocycles. The summed E-state index contributed by atoms with van der Waals surface area (Å²) in [5.74, 6) is 0.271. The van der Waals surface area contributed by atoms with Gasteiger partial charge in [0.15, 0.2) is 0 Å². The first-order chi connectivity index (χ1) is 10.1. The van der Waals surface area contributed by atoms with Gasteiger partial charge in [-0.25, -0.2) is 9.78 Å². The molecule has 0 aliphatic carbocycles. The van der Waals surface area contributed by atoms with Crippen LogP contribution in [0, 0.1) is 18.3 Å². The molecule has 3 heterocycles. The van der Waals surface area contributed by atoms with Crippen molar-refractivity contribution < 1.29 is 9.53 Å². The van der Waals surface area contributed by atoms with Crippen LogP contribution in [0.15, 0.2) is 6.07 Å². The van der Waals surface area contributed by atoms with Crippen LogP contribution < -0.4 is 10.2 Å². The average Bonchev–Trinajstić information content (AvgIpc) is 3.09. The van der Waals surface area contributed by atoms with Crippen molar-refractivity contribution in [2.45, 2.75) is 32.4 Å². The number of ether oxygens (including phenoxy) is 1. The number of pyridine rings is 1. The number of nitriles is 1. The lowest BCUT2D eigenvalue weighted by Crippen LogP contribution is -2.44. The third kappa shape index (κ3) is 2.34. The van der Waals surface area contributed by atoms with E-state index in [-0.39, 0.29) is 0 Å². The van der Waals surface area contributed by atoms with Crippen molar-refractivity contribution in [3.8, 4) is 6.07 Å². The third-order valence-electron chi connectivity index (χ3n) is 4.14. The van der Waals surface area contributed by atoms with Crippen LogP contribution in [-0.2, 0) is 4.74 Å². The summed E-state index contributed by atoms with van der Waals surface area (Å²) in [5, 5.41) is 12.8. The molecular weight excluding hydrogens is 268 g/mol. The Labute approximate surface area is 123 Å². The number of carbonyl (C=O) groups excluding carboxylic acids is 1. The lowest BCUT2D eigenvalue weighted by atomic mass is 10.1. The third-order valence-corrected chi connectivity index (χ3v) is 4.14. The molecule has 2 aliphatic rings. The van der Waals surface area contributed by atoms with Crippen molar-refractivity contribution in [1.29, 1.82) is 5.26 Å². The minimum atomic E-state index is -0.421. The van der Waals surface area contributed by atoms with Gasteiger partial charge in [-0.2, -0.15) is 5.26 Å². The lowest BCUT2D eigenvalue weighted by Gasteiger charge is -2.29. The summed E-state index contributed by atoms with van der Waals surface area (Å²) >= 11 is 0. The zero-order valence-electron chi connectivity index (χ0n) is 12.2. The Hall–Kier alpha value is -2.13. The SMILES string of the molecule is CCOC(=O)c1cc(C#N)c(N2CC3CC2CN3)nc1C. The summed E-state index contributed by atoms with van der Waals surface area (Å²) in [4.78, 5) is 18.6. The van der Waals surface area contributed by atoms with E-state index >= 15 is 0 Å². The predicted octanol–water partition coefficient (Wildman–Crippen LogP) is 0.989. The highest BCUT2D eigenvalue weighted by atomic mass is 16.5. The van der Waals surface area contributed by atoms with E-state index in [1.165, 1.54) is 0 Å². The summed E-state index contributed by atoms with van der Waals surface area (Å²) in [7, 11) is 0. The molecule has 6 nitrogen and oxygen atoms in total. The highest BCUT2D eigenvalue weighted by Gasteiger charge is 2.39. The second-order valence-electron chi connectivity index (χ2n) is 5.47. The Balaban J connectivity index is 1.97. The molecule has 1 N–H and O–H groups in total. The number of hydrogen-bond acceptors (Lipinski definition) is 6. The number of piperazine rings is 1. The van der Waals surface area contributed by atoms with E-state index in [0.29, 0.717) is 41.3 Å². The first-order valence-corrected chi connectivity index (χ1v) is 7.23. The fourth-order valence-electron chi connectivity index (χ4n) is 3.13. The smallest absolute Gasteiger partial charge is 0.340 e. The molecule has 0 amide bonds. The molecule has 1 aromatic heterocycles. The largest absolute Gasteiger partial charge is 0.462 e. The first kappa shape index (κ1) is 13.8. The molecule has 2 atom stereocenters. The Bertz CT molecular complexity index is 623. The van der Waals surface area contributed by atoms with Gasteiger partial charge in [0.05, 0.1) is 23.4 Å². The Morgan fingerprint density at radius 3 is 3.05 bits per heavy atom. The van der Waals surface area contributed by atoms with E-state index < -0.39 is 5.97 Å². The van der Waals surface area contributed by atoms with Crippen molar-refractivity contribution in [2.75, 3.05) is 24.6 Å². The van der Waals surface area contributed by atoms with Gasteiger partial charge >= 0.3 is 5.97 Å². The molecule has 110 valence electrons. The normalized spacial score (nSPS) is 23.2. The zero-order chi connectivity index (χ0) is 15.0. The molecule has 0 spiro atoms. The molecular formula is C15H18N4O2. The van der Waals surface area contributed by atoms with Gasteiger partial charge in [0, 0.05) is 25.2 Å². The molecule has 6 heteroatoms. The molecule has 2 bridgehead atoms. The van der Waals surface area contributed by atoms with Crippen molar-refractivity contribution in [2.24, 2.45) is 0 Å². The van der Waals surface area contributed by atoms with Crippen LogP contribution in [0.2, 0.25) is 0 Å². The molecule has 2 aliphatic heterocycles. The van der Waals surface area contributed by atoms with Crippen LogP contribution in [-0.4, -0.2) is 42.7 Å². The maximum atomic E-state index is 11.9. The number of aromatic nitrogens is 1. The number of esters is 1. The standard InChI is InChI=1S/C15H18N4O2/c1-3-21-15(20)13-4-10(6-16)14(18-9(13)2)19-8-11-5-12(19)7-17-11/h4,11-12,17H,3,5,7-8H2,1-2H3. The molecule has 3 rings (SSSR count). The number of rotatable bonds is 3. The molecule has 2 unspecified atom stereocenters. The molecule has 21 heavy (non-hydrogen) atoms. The van der Waals surface area contributed by atoms with Gasteiger partial charge < -0.3 is 15.0 Å². The van der Waals surface area contributed by atoms with E-state index in [1.807, 2.05) is 0 Å². The average molecular weight is 286 g/mol. The summed E-state index contributed by atoms with van der Waals surface area (Å²) in [6.45, 7) is 5.64. The van der Waals surface area contributed by atoms with Crippen LogP contribution in [0.4, 0.5) is 5.82 Å². The van der Waals surface area contributed by atoms with Gasteiger partial charge in [-0.05, 0) is 26.3 Å². The fraction of sp³-hybridized carbons (Fsp3) is 0.533. The summed E-state index contributed by atoms with van der Waals surface area (Å²) in [6.07, 6.45) is 1.09. The number of fused-ring (bicyclic) bond motifs is 2. The highest BCUT2D eigenvalue weighted by molar-refractivity contribution is 5.91.